The average Bonchev–Trinajstić information content (AvgIpc) is 2.34. The minimum absolute atomic E-state index is 0.153. The Kier molecular flexibility index (Phi) is 2.78. The molecule has 0 bridgehead atoms. The molecule has 0 fully saturated rings. The molecule has 5 heteroatoms. The van der Waals surface area contributed by atoms with Crippen LogP contribution in [0.1, 0.15) is 25.7 Å². The van der Waals surface area contributed by atoms with Crippen molar-refractivity contribution in [1.82, 2.24) is 14.8 Å². The lowest BCUT2D eigenvalue weighted by Crippen LogP contribution is -2.13. The molecule has 2 atom stereocenters. The Hall–Kier alpha value is -0.940. The predicted molar refractivity (Wildman–Crippen MR) is 44.3 cm³/mol. The summed E-state index contributed by atoms with van der Waals surface area (Å²) < 4.78 is 1.59. The van der Waals surface area contributed by atoms with Crippen LogP contribution in [0.4, 0.5) is 0 Å². The van der Waals surface area contributed by atoms with Gasteiger partial charge in [0.1, 0.15) is 6.33 Å². The minimum Gasteiger partial charge on any atom is -0.391 e. The van der Waals surface area contributed by atoms with E-state index >= 15 is 0 Å². The first kappa shape index (κ1) is 9.15. The van der Waals surface area contributed by atoms with E-state index in [0.29, 0.717) is 12.4 Å². The van der Waals surface area contributed by atoms with Crippen LogP contribution in [0.25, 0.3) is 0 Å². The first-order chi connectivity index (χ1) is 5.59. The number of aliphatic hydroxyl groups is 1. The zero-order valence-electron chi connectivity index (χ0n) is 7.31. The number of aliphatic hydroxyl groups excluding tert-OH is 1. The minimum atomic E-state index is -0.410. The molecule has 0 aromatic carbocycles. The number of hydrogen-bond acceptors (Lipinski definition) is 4. The third kappa shape index (κ3) is 2.28. The predicted octanol–water partition coefficient (Wildman–Crippen LogP) is -0.321. The smallest absolute Gasteiger partial charge is 0.166 e. The standard InChI is InChI=1S/C7H14N4O/c1-5(12)3-11-4-9-7(10-11)6(2)8/h4-6,12H,3,8H2,1-2H3. The molecule has 3 N–H and O–H groups in total. The van der Waals surface area contributed by atoms with Crippen LogP contribution in [0, 0.1) is 0 Å². The topological polar surface area (TPSA) is 77.0 Å². The fourth-order valence-corrected chi connectivity index (χ4v) is 0.876. The summed E-state index contributed by atoms with van der Waals surface area (Å²) in [6.07, 6.45) is 1.17. The summed E-state index contributed by atoms with van der Waals surface area (Å²) in [5, 5.41) is 13.1. The van der Waals surface area contributed by atoms with Crippen LogP contribution in [0.15, 0.2) is 6.33 Å². The molecule has 1 aromatic rings. The van der Waals surface area contributed by atoms with E-state index in [0.717, 1.165) is 0 Å². The van der Waals surface area contributed by atoms with E-state index in [1.807, 2.05) is 6.92 Å². The molecule has 68 valence electrons. The van der Waals surface area contributed by atoms with E-state index in [9.17, 15) is 0 Å². The summed E-state index contributed by atoms with van der Waals surface area (Å²) in [4.78, 5) is 3.98. The zero-order valence-corrected chi connectivity index (χ0v) is 7.31. The summed E-state index contributed by atoms with van der Waals surface area (Å²) in [5.41, 5.74) is 5.56. The lowest BCUT2D eigenvalue weighted by molar-refractivity contribution is 0.168. The van der Waals surface area contributed by atoms with Gasteiger partial charge in [0.05, 0.1) is 18.7 Å². The summed E-state index contributed by atoms with van der Waals surface area (Å²) in [6.45, 7) is 3.98. The molecule has 1 aromatic heterocycles. The van der Waals surface area contributed by atoms with Crippen molar-refractivity contribution in [3.8, 4) is 0 Å². The first-order valence-corrected chi connectivity index (χ1v) is 3.92. The molecule has 5 nitrogen and oxygen atoms in total. The van der Waals surface area contributed by atoms with Gasteiger partial charge in [-0.05, 0) is 13.8 Å². The highest BCUT2D eigenvalue weighted by atomic mass is 16.3. The molecule has 0 aliphatic carbocycles. The van der Waals surface area contributed by atoms with E-state index in [1.165, 1.54) is 0 Å². The Bertz CT molecular complexity index is 243. The van der Waals surface area contributed by atoms with Crippen molar-refractivity contribution in [2.75, 3.05) is 0 Å². The molecule has 0 aliphatic heterocycles. The van der Waals surface area contributed by atoms with Gasteiger partial charge in [0.15, 0.2) is 5.82 Å². The third-order valence-electron chi connectivity index (χ3n) is 1.41. The molecule has 0 amide bonds. The third-order valence-corrected chi connectivity index (χ3v) is 1.41. The quantitative estimate of drug-likeness (QED) is 0.651. The van der Waals surface area contributed by atoms with Crippen molar-refractivity contribution in [3.05, 3.63) is 12.2 Å². The molecule has 0 aliphatic rings. The van der Waals surface area contributed by atoms with Gasteiger partial charge in [-0.3, -0.25) is 4.68 Å². The van der Waals surface area contributed by atoms with Crippen LogP contribution >= 0.6 is 0 Å². The SMILES string of the molecule is CC(O)Cn1cnc(C(C)N)n1. The second-order valence-corrected chi connectivity index (χ2v) is 2.96. The Morgan fingerprint density at radius 1 is 1.67 bits per heavy atom. The summed E-state index contributed by atoms with van der Waals surface area (Å²) in [5.74, 6) is 0.607. The van der Waals surface area contributed by atoms with Gasteiger partial charge in [-0.2, -0.15) is 5.10 Å². The van der Waals surface area contributed by atoms with Crippen molar-refractivity contribution >= 4 is 0 Å². The maximum atomic E-state index is 9.03. The Morgan fingerprint density at radius 2 is 2.33 bits per heavy atom. The van der Waals surface area contributed by atoms with Crippen molar-refractivity contribution < 1.29 is 5.11 Å². The van der Waals surface area contributed by atoms with Crippen molar-refractivity contribution in [3.63, 3.8) is 0 Å². The van der Waals surface area contributed by atoms with E-state index < -0.39 is 6.10 Å². The monoisotopic (exact) mass is 170 g/mol. The number of rotatable bonds is 3. The molecule has 0 spiro atoms. The number of aromatic nitrogens is 3. The lowest BCUT2D eigenvalue weighted by atomic mass is 10.3. The largest absolute Gasteiger partial charge is 0.391 e. The van der Waals surface area contributed by atoms with Crippen LogP contribution in [-0.4, -0.2) is 26.0 Å². The van der Waals surface area contributed by atoms with E-state index in [2.05, 4.69) is 10.1 Å². The van der Waals surface area contributed by atoms with Gasteiger partial charge in [-0.15, -0.1) is 0 Å². The summed E-state index contributed by atoms with van der Waals surface area (Å²) in [6, 6.07) is -0.153. The van der Waals surface area contributed by atoms with Gasteiger partial charge in [-0.1, -0.05) is 0 Å². The molecule has 12 heavy (non-hydrogen) atoms. The van der Waals surface area contributed by atoms with Crippen molar-refractivity contribution in [1.29, 1.82) is 0 Å². The van der Waals surface area contributed by atoms with Crippen LogP contribution in [0.5, 0.6) is 0 Å². The molecule has 0 saturated carbocycles. The Morgan fingerprint density at radius 3 is 2.75 bits per heavy atom. The molecule has 0 saturated heterocycles. The average molecular weight is 170 g/mol. The number of hydrogen-bond donors (Lipinski definition) is 2. The van der Waals surface area contributed by atoms with E-state index in [4.69, 9.17) is 10.8 Å². The van der Waals surface area contributed by atoms with Crippen LogP contribution in [0.2, 0.25) is 0 Å². The molecular weight excluding hydrogens is 156 g/mol. The lowest BCUT2D eigenvalue weighted by Gasteiger charge is -2.02. The van der Waals surface area contributed by atoms with E-state index in [1.54, 1.807) is 17.9 Å². The molecule has 0 radical (unpaired) electrons. The van der Waals surface area contributed by atoms with Crippen molar-refractivity contribution in [2.45, 2.75) is 32.5 Å². The normalized spacial score (nSPS) is 16.0. The van der Waals surface area contributed by atoms with E-state index in [-0.39, 0.29) is 6.04 Å². The van der Waals surface area contributed by atoms with Gasteiger partial charge >= 0.3 is 0 Å². The van der Waals surface area contributed by atoms with Gasteiger partial charge in [-0.25, -0.2) is 4.98 Å². The zero-order chi connectivity index (χ0) is 9.14. The Labute approximate surface area is 71.2 Å². The molecular formula is C7H14N4O. The highest BCUT2D eigenvalue weighted by molar-refractivity contribution is 4.87. The molecule has 2 unspecified atom stereocenters. The highest BCUT2D eigenvalue weighted by Gasteiger charge is 2.06. The Balaban J connectivity index is 2.64. The summed E-state index contributed by atoms with van der Waals surface area (Å²) >= 11 is 0. The van der Waals surface area contributed by atoms with Gasteiger partial charge in [0.2, 0.25) is 0 Å². The fourth-order valence-electron chi connectivity index (χ4n) is 0.876. The van der Waals surface area contributed by atoms with Gasteiger partial charge < -0.3 is 10.8 Å². The first-order valence-electron chi connectivity index (χ1n) is 3.92. The van der Waals surface area contributed by atoms with Gasteiger partial charge in [0, 0.05) is 0 Å². The van der Waals surface area contributed by atoms with Crippen LogP contribution in [0.3, 0.4) is 0 Å². The van der Waals surface area contributed by atoms with Crippen LogP contribution in [-0.2, 0) is 6.54 Å². The number of nitrogens with two attached hydrogens (primary N) is 1. The second-order valence-electron chi connectivity index (χ2n) is 2.96. The highest BCUT2D eigenvalue weighted by Crippen LogP contribution is 2.00. The number of nitrogens with zero attached hydrogens (tertiary/aromatic N) is 3. The fraction of sp³-hybridized carbons (Fsp3) is 0.714. The molecule has 1 rings (SSSR count). The van der Waals surface area contributed by atoms with Crippen molar-refractivity contribution in [2.24, 2.45) is 5.73 Å². The van der Waals surface area contributed by atoms with Gasteiger partial charge in [0.25, 0.3) is 0 Å². The van der Waals surface area contributed by atoms with Crippen LogP contribution < -0.4 is 5.73 Å². The molecule has 1 heterocycles. The summed E-state index contributed by atoms with van der Waals surface area (Å²) in [7, 11) is 0. The maximum absolute atomic E-state index is 9.03. The maximum Gasteiger partial charge on any atom is 0.166 e. The second kappa shape index (κ2) is 3.64.